The Hall–Kier alpha value is -5.37. The lowest BCUT2D eigenvalue weighted by Crippen LogP contribution is -2.39. The molecule has 3 aromatic carbocycles. The second kappa shape index (κ2) is 11.2. The van der Waals surface area contributed by atoms with Gasteiger partial charge in [0, 0.05) is 39.3 Å². The maximum absolute atomic E-state index is 14.2. The molecule has 0 saturated carbocycles. The molecule has 1 aliphatic heterocycles. The fraction of sp³-hybridized carbons (Fsp3) is 0.237. The van der Waals surface area contributed by atoms with Gasteiger partial charge in [-0.15, -0.1) is 0 Å². The molecule has 3 aromatic rings. The zero-order valence-electron chi connectivity index (χ0n) is 25.4. The summed E-state index contributed by atoms with van der Waals surface area (Å²) in [5, 5.41) is 11.3. The van der Waals surface area contributed by atoms with E-state index < -0.39 is 23.7 Å². The van der Waals surface area contributed by atoms with Crippen LogP contribution in [0.25, 0.3) is 0 Å². The highest BCUT2D eigenvalue weighted by molar-refractivity contribution is 6.25. The van der Waals surface area contributed by atoms with Crippen molar-refractivity contribution in [2.75, 3.05) is 11.5 Å². The Morgan fingerprint density at radius 2 is 1.61 bits per heavy atom. The summed E-state index contributed by atoms with van der Waals surface area (Å²) < 4.78 is 5.64. The number of imide groups is 1. The largest absolute Gasteiger partial charge is 0.504 e. The lowest BCUT2D eigenvalue weighted by atomic mass is 9.59. The third-order valence-corrected chi connectivity index (χ3v) is 9.63. The van der Waals surface area contributed by atoms with Crippen molar-refractivity contribution >= 4 is 34.9 Å². The first-order chi connectivity index (χ1) is 22.2. The number of nitrogens with zero attached hydrogens (tertiary/aromatic N) is 1. The molecule has 8 nitrogen and oxygen atoms in total. The van der Waals surface area contributed by atoms with Crippen LogP contribution >= 0.6 is 0 Å². The first-order valence-corrected chi connectivity index (χ1v) is 15.4. The van der Waals surface area contributed by atoms with E-state index in [2.05, 4.69) is 0 Å². The number of fused-ring (bicyclic) bond motifs is 3. The van der Waals surface area contributed by atoms with Gasteiger partial charge in [0.25, 0.3) is 0 Å². The van der Waals surface area contributed by atoms with Gasteiger partial charge in [-0.25, -0.2) is 0 Å². The summed E-state index contributed by atoms with van der Waals surface area (Å²) in [5.41, 5.74) is 3.42. The van der Waals surface area contributed by atoms with Crippen molar-refractivity contribution in [2.45, 2.75) is 32.6 Å². The van der Waals surface area contributed by atoms with Crippen LogP contribution < -0.4 is 9.64 Å². The molecular formula is C38H31NO7. The lowest BCUT2D eigenvalue weighted by molar-refractivity contribution is -0.123. The Morgan fingerprint density at radius 3 is 2.33 bits per heavy atom. The molecule has 230 valence electrons. The first-order valence-electron chi connectivity index (χ1n) is 15.4. The Labute approximate surface area is 265 Å². The molecule has 2 amide bonds. The van der Waals surface area contributed by atoms with Gasteiger partial charge in [-0.1, -0.05) is 54.1 Å². The van der Waals surface area contributed by atoms with E-state index in [4.69, 9.17) is 4.74 Å². The summed E-state index contributed by atoms with van der Waals surface area (Å²) in [6.45, 7) is 3.71. The molecule has 7 rings (SSSR count). The van der Waals surface area contributed by atoms with Crippen LogP contribution in [-0.2, 0) is 19.2 Å². The average molecular weight is 614 g/mol. The number of phenolic OH excluding ortho intramolecular Hbond substituents is 1. The number of aromatic hydroxyl groups is 1. The number of carbonyl (C=O) groups is 5. The molecule has 1 N–H and O–H groups in total. The van der Waals surface area contributed by atoms with Crippen molar-refractivity contribution in [3.63, 3.8) is 0 Å². The van der Waals surface area contributed by atoms with Gasteiger partial charge in [-0.2, -0.15) is 0 Å². The van der Waals surface area contributed by atoms with E-state index in [1.807, 2.05) is 12.1 Å². The maximum Gasteiger partial charge on any atom is 0.238 e. The van der Waals surface area contributed by atoms with E-state index in [0.29, 0.717) is 45.7 Å². The van der Waals surface area contributed by atoms with Gasteiger partial charge in [0.05, 0.1) is 24.1 Å². The van der Waals surface area contributed by atoms with Crippen molar-refractivity contribution in [3.05, 3.63) is 124 Å². The van der Waals surface area contributed by atoms with E-state index in [9.17, 15) is 29.1 Å². The summed E-state index contributed by atoms with van der Waals surface area (Å²) >= 11 is 0. The summed E-state index contributed by atoms with van der Waals surface area (Å²) in [7, 11) is 0. The number of hydrogen-bond acceptors (Lipinski definition) is 7. The maximum atomic E-state index is 14.2. The quantitative estimate of drug-likeness (QED) is 0.165. The Kier molecular flexibility index (Phi) is 7.15. The molecular weight excluding hydrogens is 582 g/mol. The number of allylic oxidation sites excluding steroid dienone is 6. The molecule has 0 bridgehead atoms. The zero-order valence-corrected chi connectivity index (χ0v) is 25.4. The van der Waals surface area contributed by atoms with Crippen molar-refractivity contribution in [1.82, 2.24) is 0 Å². The van der Waals surface area contributed by atoms with E-state index in [-0.39, 0.29) is 53.5 Å². The summed E-state index contributed by atoms with van der Waals surface area (Å²) in [5.74, 6) is -4.07. The average Bonchev–Trinajstić information content (AvgIpc) is 3.33. The van der Waals surface area contributed by atoms with Crippen LogP contribution in [0, 0.1) is 17.8 Å². The molecule has 1 fully saturated rings. The van der Waals surface area contributed by atoms with Crippen LogP contribution in [0.1, 0.15) is 54.1 Å². The molecule has 0 radical (unpaired) electrons. The molecule has 1 saturated heterocycles. The van der Waals surface area contributed by atoms with Gasteiger partial charge in [0.1, 0.15) is 0 Å². The van der Waals surface area contributed by atoms with Gasteiger partial charge in [0.2, 0.25) is 11.8 Å². The number of benzene rings is 3. The number of para-hydroxylation sites is 1. The van der Waals surface area contributed by atoms with Gasteiger partial charge in [-0.05, 0) is 69.0 Å². The Balaban J connectivity index is 1.27. The normalized spacial score (nSPS) is 23.8. The monoisotopic (exact) mass is 613 g/mol. The number of phenols is 1. The Bertz CT molecular complexity index is 1930. The lowest BCUT2D eigenvalue weighted by Gasteiger charge is -2.42. The highest BCUT2D eigenvalue weighted by Gasteiger charge is 2.57. The number of ether oxygens (including phenoxy) is 1. The molecule has 4 atom stereocenters. The number of anilines is 1. The number of hydrogen-bond donors (Lipinski definition) is 1. The van der Waals surface area contributed by atoms with E-state index in [0.717, 1.165) is 5.57 Å². The second-order valence-electron chi connectivity index (χ2n) is 12.1. The minimum atomic E-state index is -0.781. The first kappa shape index (κ1) is 29.3. The third kappa shape index (κ3) is 4.47. The molecule has 3 aliphatic carbocycles. The number of rotatable bonds is 6. The van der Waals surface area contributed by atoms with Gasteiger partial charge < -0.3 is 9.84 Å². The molecule has 4 unspecified atom stereocenters. The van der Waals surface area contributed by atoms with Crippen LogP contribution in [-0.4, -0.2) is 40.9 Å². The standard InChI is InChI=1S/C38H31NO7/c1-3-46-30-11-7-10-25(36(30)43)31-24-16-17-26-32(27(24)19-28-33(31)29(40)18-20(2)34(28)41)38(45)39(37(26)44)23-14-12-22(13-15-23)35(42)21-8-5-4-6-9-21/h4-16,18,26-27,31-32,43H,3,17,19H2,1-2H3. The number of carbonyl (C=O) groups excluding carboxylic acids is 5. The highest BCUT2D eigenvalue weighted by atomic mass is 16.5. The summed E-state index contributed by atoms with van der Waals surface area (Å²) in [6.07, 6.45) is 3.65. The van der Waals surface area contributed by atoms with Gasteiger partial charge >= 0.3 is 0 Å². The van der Waals surface area contributed by atoms with Crippen LogP contribution in [0.2, 0.25) is 0 Å². The zero-order chi connectivity index (χ0) is 32.3. The fourth-order valence-corrected chi connectivity index (χ4v) is 7.55. The summed E-state index contributed by atoms with van der Waals surface area (Å²) in [6, 6.07) is 20.4. The van der Waals surface area contributed by atoms with Crippen molar-refractivity contribution in [3.8, 4) is 11.5 Å². The predicted molar refractivity (Wildman–Crippen MR) is 169 cm³/mol. The topological polar surface area (TPSA) is 118 Å². The third-order valence-electron chi connectivity index (χ3n) is 9.63. The van der Waals surface area contributed by atoms with Crippen molar-refractivity contribution < 1.29 is 33.8 Å². The van der Waals surface area contributed by atoms with Gasteiger partial charge in [-0.3, -0.25) is 28.9 Å². The number of amides is 2. The molecule has 8 heteroatoms. The van der Waals surface area contributed by atoms with Crippen LogP contribution in [0.3, 0.4) is 0 Å². The smallest absolute Gasteiger partial charge is 0.238 e. The summed E-state index contributed by atoms with van der Waals surface area (Å²) in [4.78, 5) is 69.3. The SMILES string of the molecule is CCOc1cccc(C2C3=CCC4C(=O)N(c5ccc(C(=O)c6ccccc6)cc5)C(=O)C4C3CC3=C2C(=O)C=C(C)C3=O)c1O. The van der Waals surface area contributed by atoms with Crippen LogP contribution in [0.5, 0.6) is 11.5 Å². The molecule has 0 spiro atoms. The van der Waals surface area contributed by atoms with Crippen LogP contribution in [0.15, 0.2) is 107 Å². The number of Topliss-reactive ketones (excluding diaryl/α,β-unsaturated/α-hetero) is 1. The minimum Gasteiger partial charge on any atom is -0.504 e. The second-order valence-corrected chi connectivity index (χ2v) is 12.1. The molecule has 0 aromatic heterocycles. The number of ketones is 3. The van der Waals surface area contributed by atoms with E-state index in [1.165, 1.54) is 11.0 Å². The van der Waals surface area contributed by atoms with Crippen molar-refractivity contribution in [2.24, 2.45) is 17.8 Å². The van der Waals surface area contributed by atoms with Gasteiger partial charge in [0.15, 0.2) is 28.8 Å². The van der Waals surface area contributed by atoms with E-state index in [1.54, 1.807) is 80.6 Å². The van der Waals surface area contributed by atoms with E-state index >= 15 is 0 Å². The molecule has 4 aliphatic rings. The minimum absolute atomic E-state index is 0.128. The van der Waals surface area contributed by atoms with Crippen molar-refractivity contribution in [1.29, 1.82) is 0 Å². The molecule has 1 heterocycles. The van der Waals surface area contributed by atoms with Crippen LogP contribution in [0.4, 0.5) is 5.69 Å². The predicted octanol–water partition coefficient (Wildman–Crippen LogP) is 5.66. The fourth-order valence-electron chi connectivity index (χ4n) is 7.55. The Morgan fingerprint density at radius 1 is 0.891 bits per heavy atom. The highest BCUT2D eigenvalue weighted by Crippen LogP contribution is 2.57. The molecule has 46 heavy (non-hydrogen) atoms.